The van der Waals surface area contributed by atoms with Crippen molar-refractivity contribution >= 4 is 52.5 Å². The van der Waals surface area contributed by atoms with Gasteiger partial charge in [0.2, 0.25) is 35.3 Å². The molecule has 0 unspecified atom stereocenters. The van der Waals surface area contributed by atoms with Crippen molar-refractivity contribution in [2.24, 2.45) is 11.8 Å². The van der Waals surface area contributed by atoms with Crippen LogP contribution >= 0.6 is 0 Å². The minimum atomic E-state index is -0.515. The third-order valence-corrected chi connectivity index (χ3v) is 23.7. The molecule has 0 spiro atoms. The highest BCUT2D eigenvalue weighted by Gasteiger charge is 2.30. The summed E-state index contributed by atoms with van der Waals surface area (Å²) in [6, 6.07) is 83.3. The van der Waals surface area contributed by atoms with Crippen LogP contribution in [-0.2, 0) is 39.6 Å². The first-order valence-corrected chi connectivity index (χ1v) is 48.4. The molecule has 15 aromatic rings. The lowest BCUT2D eigenvalue weighted by Crippen LogP contribution is -2.38. The number of amides is 6. The molecule has 6 amide bonds. The monoisotopic (exact) mass is 1990 g/mol. The van der Waals surface area contributed by atoms with E-state index < -0.39 is 35.2 Å². The third kappa shape index (κ3) is 36.5. The van der Waals surface area contributed by atoms with Gasteiger partial charge in [0, 0.05) is 91.7 Å². The van der Waals surface area contributed by atoms with Gasteiger partial charge in [-0.3, -0.25) is 28.8 Å². The van der Waals surface area contributed by atoms with Crippen LogP contribution in [0.1, 0.15) is 198 Å². The number of hydrogen-bond donors (Lipinski definition) is 6. The summed E-state index contributed by atoms with van der Waals surface area (Å²) in [6.07, 6.45) is 23.2. The highest BCUT2D eigenvalue weighted by Crippen LogP contribution is 2.33. The van der Waals surface area contributed by atoms with Crippen LogP contribution in [-0.4, -0.2) is 83.5 Å². The molecule has 6 N–H and O–H groups in total. The van der Waals surface area contributed by atoms with Crippen molar-refractivity contribution in [1.29, 1.82) is 0 Å². The number of rotatable bonds is 32. The van der Waals surface area contributed by atoms with Crippen LogP contribution in [0.2, 0.25) is 0 Å². The Hall–Kier alpha value is -16.9. The Labute approximate surface area is 850 Å². The van der Waals surface area contributed by atoms with Crippen LogP contribution in [0.15, 0.2) is 334 Å². The number of carbonyl (C=O) groups excluding carboxylic acids is 6. The number of para-hydroxylation sites is 1. The van der Waals surface area contributed by atoms with Crippen LogP contribution < -0.4 is 60.3 Å². The molecule has 147 heavy (non-hydrogen) atoms. The third-order valence-electron chi connectivity index (χ3n) is 23.7. The number of carbonyl (C=O) groups is 6. The predicted molar refractivity (Wildman–Crippen MR) is 550 cm³/mol. The molecule has 2 atom stereocenters. The van der Waals surface area contributed by atoms with E-state index in [1.807, 2.05) is 91.0 Å². The second-order valence-electron chi connectivity index (χ2n) is 35.3. The lowest BCUT2D eigenvalue weighted by molar-refractivity contribution is 0.0913. The predicted octanol–water partition coefficient (Wildman–Crippen LogP) is 24.5. The van der Waals surface area contributed by atoms with Gasteiger partial charge in [0.15, 0.2) is 0 Å². The minimum absolute atomic E-state index is 0.0426. The van der Waals surface area contributed by atoms with Crippen LogP contribution in [0.5, 0.6) is 35.3 Å². The van der Waals surface area contributed by atoms with E-state index >= 15 is 0 Å². The number of hydrogen-bond acceptors (Lipinski definition) is 18. The van der Waals surface area contributed by atoms with Gasteiger partial charge in [-0.15, -0.1) is 0 Å². The highest BCUT2D eigenvalue weighted by molar-refractivity contribution is 6.05. The zero-order valence-electron chi connectivity index (χ0n) is 81.7. The molecule has 24 nitrogen and oxygen atoms in total. The summed E-state index contributed by atoms with van der Waals surface area (Å²) in [5, 5.41) is 16.7. The molecule has 3 fully saturated rings. The number of ether oxygens (including phenoxy) is 6. The van der Waals surface area contributed by atoms with E-state index in [9.17, 15) is 55.1 Å². The summed E-state index contributed by atoms with van der Waals surface area (Å²) in [6.45, 7) is 9.65. The first-order chi connectivity index (χ1) is 71.4. The van der Waals surface area contributed by atoms with Gasteiger partial charge in [-0.25, -0.2) is 56.2 Å². The average Bonchev–Trinajstić information content (AvgIpc) is 1.77. The first kappa shape index (κ1) is 107. The smallest absolute Gasteiger partial charge is 0.257 e. The van der Waals surface area contributed by atoms with Gasteiger partial charge < -0.3 is 60.3 Å². The van der Waals surface area contributed by atoms with Crippen molar-refractivity contribution in [1.82, 2.24) is 45.9 Å². The number of aromatic nitrogens is 6. The fourth-order valence-electron chi connectivity index (χ4n) is 15.3. The molecule has 0 radical (unpaired) electrons. The Morgan fingerprint density at radius 1 is 0.272 bits per heavy atom. The van der Waals surface area contributed by atoms with Crippen molar-refractivity contribution in [3.05, 3.63) is 447 Å². The summed E-state index contributed by atoms with van der Waals surface area (Å²) < 4.78 is 114. The largest absolute Gasteiger partial charge is 0.473 e. The SMILES string of the molecule is C[C@@H](NC(=O)c1ccc(OCc2cccc(F)c2)nc1)C1CCCCC1.C[C@@H](NC(=O)c1ccc(OCc2ccccc2)nc1)C1CC1.Cc1ccc(NC(=O)c2ccc(OCc3ccc(F)cc3)nc2)c(F)c1.Cc1ccc(NC(=O)c2ccc(OCc3ccccc3)nc2)c(F)c1.O=C(NC1CCCCC1)c1ccc(OCc2ccccc2)nc1.O=C(Nc1ccccc1F)c1ccc(OCc2cccc(F)c2)nc1. The van der Waals surface area contributed by atoms with E-state index in [1.54, 1.807) is 135 Å². The number of nitrogens with zero attached hydrogens (tertiary/aromatic N) is 6. The van der Waals surface area contributed by atoms with Crippen LogP contribution in [0, 0.1) is 60.6 Å². The quantitative estimate of drug-likeness (QED) is 0.0213. The molecule has 6 aromatic heterocycles. The summed E-state index contributed by atoms with van der Waals surface area (Å²) in [7, 11) is 0. The maximum atomic E-state index is 13.8. The van der Waals surface area contributed by atoms with Gasteiger partial charge >= 0.3 is 0 Å². The van der Waals surface area contributed by atoms with Crippen LogP contribution in [0.3, 0.4) is 0 Å². The Kier molecular flexibility index (Phi) is 41.1. The lowest BCUT2D eigenvalue weighted by Gasteiger charge is -2.28. The van der Waals surface area contributed by atoms with Gasteiger partial charge in [-0.05, 0) is 232 Å². The van der Waals surface area contributed by atoms with Gasteiger partial charge in [-0.2, -0.15) is 0 Å². The van der Waals surface area contributed by atoms with Gasteiger partial charge in [0.25, 0.3) is 35.4 Å². The fourth-order valence-corrected chi connectivity index (χ4v) is 15.3. The van der Waals surface area contributed by atoms with Crippen molar-refractivity contribution in [2.45, 2.75) is 163 Å². The normalized spacial score (nSPS) is 12.8. The van der Waals surface area contributed by atoms with Crippen molar-refractivity contribution in [2.75, 3.05) is 16.0 Å². The molecule has 0 aliphatic heterocycles. The van der Waals surface area contributed by atoms with Gasteiger partial charge in [0.1, 0.15) is 74.5 Å². The van der Waals surface area contributed by atoms with E-state index in [1.165, 1.54) is 186 Å². The molecule has 3 aliphatic carbocycles. The minimum Gasteiger partial charge on any atom is -0.473 e. The second kappa shape index (κ2) is 56.2. The maximum Gasteiger partial charge on any atom is 0.257 e. The number of benzene rings is 9. The van der Waals surface area contributed by atoms with E-state index in [4.69, 9.17) is 28.4 Å². The molecule has 9 aromatic carbocycles. The topological polar surface area (TPSA) is 307 Å². The molecule has 0 bridgehead atoms. The van der Waals surface area contributed by atoms with Crippen molar-refractivity contribution in [3.63, 3.8) is 0 Å². The Balaban J connectivity index is 0.000000148. The summed E-state index contributed by atoms with van der Waals surface area (Å²) in [4.78, 5) is 98.0. The molecule has 0 saturated heterocycles. The molecule has 6 heterocycles. The zero-order valence-corrected chi connectivity index (χ0v) is 81.7. The number of nitrogens with one attached hydrogen (secondary N) is 6. The second-order valence-corrected chi connectivity index (χ2v) is 35.3. The molecular weight excluding hydrogens is 1880 g/mol. The molecular formula is C117H114F6N12O12. The number of anilines is 3. The maximum absolute atomic E-state index is 13.8. The number of halogens is 6. The molecule has 3 saturated carbocycles. The average molecular weight is 1990 g/mol. The van der Waals surface area contributed by atoms with E-state index in [0.29, 0.717) is 101 Å². The standard InChI is InChI=1S/C21H25FN2O2.C20H16F2N2O2.C20H17FN2O2.C19H14F2N2O2.C19H22N2O2.C18H20N2O2/c1-15(17-7-3-2-4-8-17)24-21(25)18-10-11-20(23-13-18)26-14-16-6-5-9-19(22)12-16;1-13-2-8-18(17(22)10-13)24-20(25)15-5-9-19(23-11-15)26-12-14-3-6-16(21)7-4-14;1-14-7-9-18(17(21)11-14)23-20(24)16-8-10-19(22-12-16)25-13-15-5-3-2-4-6-15;20-15-5-3-4-13(10-15)12-25-18-9-8-14(11-22-18)19(24)23-17-7-2-1-6-16(17)21;22-19(21-17-9-5-2-6-10-17)16-11-12-18(20-13-16)23-14-15-7-3-1-4-8-15;1-13(15-7-8-15)20-18(21)16-9-10-17(19-11-16)22-12-14-5-3-2-4-6-14/h5-6,9-13,15,17H,2-4,7-8,14H2,1H3,(H,24,25);2-11H,12H2,1H3,(H,24,25);2-12H,13H2,1H3,(H,23,24);1-11H,12H2,(H,23,24);1,3-4,7-8,11-13,17H,2,5-6,9-10,14H2,(H,21,22);2-6,9-11,13,15H,7-8,12H2,1H3,(H,20,21)/t15-;;;;;13-/m1....1/s1. The number of pyridine rings is 6. The van der Waals surface area contributed by atoms with Crippen LogP contribution in [0.25, 0.3) is 0 Å². The molecule has 3 aliphatic rings. The Morgan fingerprint density at radius 3 is 0.884 bits per heavy atom. The summed E-state index contributed by atoms with van der Waals surface area (Å²) in [5.41, 5.74) is 9.85. The summed E-state index contributed by atoms with van der Waals surface area (Å²) >= 11 is 0. The lowest BCUT2D eigenvalue weighted by atomic mass is 9.84. The van der Waals surface area contributed by atoms with Crippen molar-refractivity contribution in [3.8, 4) is 35.3 Å². The van der Waals surface area contributed by atoms with E-state index in [-0.39, 0.29) is 95.3 Å². The van der Waals surface area contributed by atoms with Crippen molar-refractivity contribution < 1.29 is 83.5 Å². The molecule has 18 rings (SSSR count). The number of aryl methyl sites for hydroxylation is 2. The zero-order chi connectivity index (χ0) is 103. The highest BCUT2D eigenvalue weighted by atomic mass is 19.1. The summed E-state index contributed by atoms with van der Waals surface area (Å²) in [5.74, 6) is -0.295. The molecule has 756 valence electrons. The molecule has 30 heteroatoms. The van der Waals surface area contributed by atoms with E-state index in [0.717, 1.165) is 51.8 Å². The Morgan fingerprint density at radius 2 is 0.565 bits per heavy atom. The van der Waals surface area contributed by atoms with Crippen LogP contribution in [0.4, 0.5) is 43.4 Å². The fraction of sp³-hybridized carbons (Fsp3) is 0.231. The first-order valence-electron chi connectivity index (χ1n) is 48.4. The van der Waals surface area contributed by atoms with Gasteiger partial charge in [-0.1, -0.05) is 190 Å². The van der Waals surface area contributed by atoms with Gasteiger partial charge in [0.05, 0.1) is 50.4 Å². The Bertz CT molecular complexity index is 6710. The van der Waals surface area contributed by atoms with E-state index in [2.05, 4.69) is 75.7 Å².